The fourth-order valence-electron chi connectivity index (χ4n) is 3.33. The maximum atomic E-state index is 12.7. The molecule has 0 fully saturated rings. The first-order valence-electron chi connectivity index (χ1n) is 11.3. The molecule has 0 saturated heterocycles. The normalized spacial score (nSPS) is 12.0. The van der Waals surface area contributed by atoms with Gasteiger partial charge in [-0.3, -0.25) is 14.5 Å². The molecule has 0 spiro atoms. The molecular formula is C22H42N2O4. The number of carbonyl (C=O) groups excluding carboxylic acids is 2. The summed E-state index contributed by atoms with van der Waals surface area (Å²) in [6.07, 6.45) is 11.9. The first-order chi connectivity index (χ1) is 13.5. The highest BCUT2D eigenvalue weighted by molar-refractivity contribution is 5.99. The molecule has 0 heterocycles. The van der Waals surface area contributed by atoms with Crippen molar-refractivity contribution in [2.24, 2.45) is 5.73 Å². The van der Waals surface area contributed by atoms with E-state index in [1.54, 1.807) is 0 Å². The van der Waals surface area contributed by atoms with Crippen LogP contribution in [0.15, 0.2) is 0 Å². The molecule has 6 heteroatoms. The minimum atomic E-state index is -1.10. The molecule has 0 aliphatic carbocycles. The van der Waals surface area contributed by atoms with Crippen molar-refractivity contribution in [3.63, 3.8) is 0 Å². The summed E-state index contributed by atoms with van der Waals surface area (Å²) in [7, 11) is 0. The van der Waals surface area contributed by atoms with Crippen molar-refractivity contribution in [2.45, 2.75) is 116 Å². The van der Waals surface area contributed by atoms with Gasteiger partial charge in [0.25, 0.3) is 0 Å². The monoisotopic (exact) mass is 398 g/mol. The van der Waals surface area contributed by atoms with E-state index in [0.717, 1.165) is 56.3 Å². The number of amides is 2. The highest BCUT2D eigenvalue weighted by Gasteiger charge is 2.33. The minimum absolute atomic E-state index is 0.242. The molecule has 0 rings (SSSR count). The second-order valence-corrected chi connectivity index (χ2v) is 7.62. The van der Waals surface area contributed by atoms with Crippen LogP contribution < -0.4 is 5.73 Å². The number of rotatable bonds is 18. The van der Waals surface area contributed by atoms with E-state index in [0.29, 0.717) is 32.2 Å². The van der Waals surface area contributed by atoms with E-state index in [1.807, 2.05) is 0 Å². The highest BCUT2D eigenvalue weighted by Crippen LogP contribution is 2.17. The third-order valence-corrected chi connectivity index (χ3v) is 5.05. The molecule has 0 aliphatic rings. The van der Waals surface area contributed by atoms with Crippen molar-refractivity contribution < 1.29 is 19.5 Å². The molecule has 2 amide bonds. The van der Waals surface area contributed by atoms with Gasteiger partial charge in [-0.15, -0.1) is 0 Å². The second-order valence-electron chi connectivity index (χ2n) is 7.62. The Morgan fingerprint density at radius 2 is 1.21 bits per heavy atom. The maximum absolute atomic E-state index is 12.7. The van der Waals surface area contributed by atoms with Crippen LogP contribution in [-0.2, 0) is 14.4 Å². The quantitative estimate of drug-likeness (QED) is 0.327. The zero-order chi connectivity index (χ0) is 21.2. The summed E-state index contributed by atoms with van der Waals surface area (Å²) in [5.74, 6) is -1.78. The van der Waals surface area contributed by atoms with E-state index in [-0.39, 0.29) is 31.1 Å². The first kappa shape index (κ1) is 26.6. The molecule has 0 aliphatic heterocycles. The average Bonchev–Trinajstić information content (AvgIpc) is 2.66. The van der Waals surface area contributed by atoms with E-state index >= 15 is 0 Å². The summed E-state index contributed by atoms with van der Waals surface area (Å²) in [5.41, 5.74) is 5.50. The molecule has 3 N–H and O–H groups in total. The molecule has 0 aromatic heterocycles. The van der Waals surface area contributed by atoms with E-state index < -0.39 is 12.0 Å². The van der Waals surface area contributed by atoms with Gasteiger partial charge in [-0.05, 0) is 38.6 Å². The summed E-state index contributed by atoms with van der Waals surface area (Å²) in [4.78, 5) is 38.3. The van der Waals surface area contributed by atoms with Gasteiger partial charge in [-0.2, -0.15) is 0 Å². The number of hydrogen-bond acceptors (Lipinski definition) is 4. The van der Waals surface area contributed by atoms with Gasteiger partial charge in [0.15, 0.2) is 0 Å². The number of unbranched alkanes of at least 4 members (excludes halogenated alkanes) is 9. The third kappa shape index (κ3) is 12.1. The van der Waals surface area contributed by atoms with Gasteiger partial charge in [0.1, 0.15) is 6.04 Å². The summed E-state index contributed by atoms with van der Waals surface area (Å²) in [6, 6.07) is -1.07. The lowest BCUT2D eigenvalue weighted by Crippen LogP contribution is -2.48. The highest BCUT2D eigenvalue weighted by atomic mass is 16.4. The molecule has 0 aromatic rings. The summed E-state index contributed by atoms with van der Waals surface area (Å²) in [6.45, 7) is 4.73. The van der Waals surface area contributed by atoms with Gasteiger partial charge in [-0.25, -0.2) is 4.79 Å². The van der Waals surface area contributed by atoms with Crippen molar-refractivity contribution in [2.75, 3.05) is 6.54 Å². The van der Waals surface area contributed by atoms with Crippen LogP contribution in [-0.4, -0.2) is 40.4 Å². The van der Waals surface area contributed by atoms with E-state index in [1.165, 1.54) is 0 Å². The van der Waals surface area contributed by atoms with Gasteiger partial charge in [-0.1, -0.05) is 65.2 Å². The van der Waals surface area contributed by atoms with Crippen LogP contribution in [0.2, 0.25) is 0 Å². The molecular weight excluding hydrogens is 356 g/mol. The molecule has 28 heavy (non-hydrogen) atoms. The smallest absolute Gasteiger partial charge is 0.326 e. The second kappa shape index (κ2) is 17.7. The van der Waals surface area contributed by atoms with Crippen molar-refractivity contribution in [3.8, 4) is 0 Å². The molecule has 0 radical (unpaired) electrons. The van der Waals surface area contributed by atoms with Crippen LogP contribution in [0.5, 0.6) is 0 Å². The van der Waals surface area contributed by atoms with Crippen LogP contribution in [0.1, 0.15) is 110 Å². The van der Waals surface area contributed by atoms with Gasteiger partial charge in [0.05, 0.1) is 0 Å². The number of carboxylic acids is 1. The van der Waals surface area contributed by atoms with Crippen LogP contribution in [0.3, 0.4) is 0 Å². The Hall–Kier alpha value is -1.43. The zero-order valence-electron chi connectivity index (χ0n) is 18.1. The lowest BCUT2D eigenvalue weighted by molar-refractivity contribution is -0.158. The topological polar surface area (TPSA) is 101 Å². The standard InChI is InChI=1S/C22H42N2O4/c1-3-5-7-9-11-16-20(25)24(19(22(27)28)15-13-14-18-23)21(26)17-12-10-8-6-4-2/h19H,3-18,23H2,1-2H3,(H,27,28). The van der Waals surface area contributed by atoms with Crippen molar-refractivity contribution in [3.05, 3.63) is 0 Å². The number of nitrogens with two attached hydrogens (primary N) is 1. The fraction of sp³-hybridized carbons (Fsp3) is 0.864. The largest absolute Gasteiger partial charge is 0.480 e. The van der Waals surface area contributed by atoms with Crippen LogP contribution in [0, 0.1) is 0 Å². The number of carbonyl (C=O) groups is 3. The Morgan fingerprint density at radius 1 is 0.750 bits per heavy atom. The van der Waals surface area contributed by atoms with Gasteiger partial charge in [0.2, 0.25) is 11.8 Å². The molecule has 1 unspecified atom stereocenters. The Morgan fingerprint density at radius 3 is 1.61 bits per heavy atom. The summed E-state index contributed by atoms with van der Waals surface area (Å²) < 4.78 is 0. The van der Waals surface area contributed by atoms with Crippen molar-refractivity contribution >= 4 is 17.8 Å². The Kier molecular flexibility index (Phi) is 16.8. The molecule has 1 atom stereocenters. The van der Waals surface area contributed by atoms with Crippen LogP contribution in [0.4, 0.5) is 0 Å². The molecule has 0 bridgehead atoms. The fourth-order valence-corrected chi connectivity index (χ4v) is 3.33. The first-order valence-corrected chi connectivity index (χ1v) is 11.3. The Balaban J connectivity index is 4.92. The van der Waals surface area contributed by atoms with Gasteiger partial charge < -0.3 is 10.8 Å². The van der Waals surface area contributed by atoms with E-state index in [4.69, 9.17) is 5.73 Å². The number of imide groups is 1. The predicted octanol–water partition coefficient (Wildman–Crippen LogP) is 4.64. The van der Waals surface area contributed by atoms with Gasteiger partial charge in [0, 0.05) is 12.8 Å². The average molecular weight is 399 g/mol. The van der Waals surface area contributed by atoms with Crippen LogP contribution in [0.25, 0.3) is 0 Å². The molecule has 164 valence electrons. The Bertz CT molecular complexity index is 414. The molecule has 0 aromatic carbocycles. The summed E-state index contributed by atoms with van der Waals surface area (Å²) >= 11 is 0. The lowest BCUT2D eigenvalue weighted by atomic mass is 10.0. The molecule has 6 nitrogen and oxygen atoms in total. The lowest BCUT2D eigenvalue weighted by Gasteiger charge is -2.27. The van der Waals surface area contributed by atoms with Crippen LogP contribution >= 0.6 is 0 Å². The minimum Gasteiger partial charge on any atom is -0.480 e. The summed E-state index contributed by atoms with van der Waals surface area (Å²) in [5, 5.41) is 9.65. The van der Waals surface area contributed by atoms with Crippen molar-refractivity contribution in [1.29, 1.82) is 0 Å². The number of carboxylic acid groups (broad SMARTS) is 1. The van der Waals surface area contributed by atoms with Crippen molar-refractivity contribution in [1.82, 2.24) is 4.90 Å². The predicted molar refractivity (Wildman–Crippen MR) is 113 cm³/mol. The third-order valence-electron chi connectivity index (χ3n) is 5.05. The van der Waals surface area contributed by atoms with E-state index in [9.17, 15) is 19.5 Å². The van der Waals surface area contributed by atoms with E-state index in [2.05, 4.69) is 13.8 Å². The van der Waals surface area contributed by atoms with Gasteiger partial charge >= 0.3 is 5.97 Å². The number of aliphatic carboxylic acids is 1. The molecule has 0 saturated carbocycles. The number of nitrogens with zero attached hydrogens (tertiary/aromatic N) is 1. The number of hydrogen-bond donors (Lipinski definition) is 2. The Labute approximate surface area is 171 Å². The maximum Gasteiger partial charge on any atom is 0.326 e. The zero-order valence-corrected chi connectivity index (χ0v) is 18.1. The SMILES string of the molecule is CCCCCCCC(=O)N(C(=O)CCCCCCC)C(CCCCN)C(=O)O.